The molecule has 178 valence electrons. The van der Waals surface area contributed by atoms with Gasteiger partial charge in [0.25, 0.3) is 0 Å². The summed E-state index contributed by atoms with van der Waals surface area (Å²) in [5.74, 6) is 0.618. The van der Waals surface area contributed by atoms with Gasteiger partial charge in [-0.2, -0.15) is 0 Å². The van der Waals surface area contributed by atoms with Gasteiger partial charge < -0.3 is 10.1 Å². The Bertz CT molecular complexity index is 1310. The zero-order valence-electron chi connectivity index (χ0n) is 19.5. The van der Waals surface area contributed by atoms with Crippen LogP contribution in [0.1, 0.15) is 29.5 Å². The van der Waals surface area contributed by atoms with Crippen molar-refractivity contribution >= 4 is 40.0 Å². The van der Waals surface area contributed by atoms with E-state index in [9.17, 15) is 9.59 Å². The van der Waals surface area contributed by atoms with Crippen LogP contribution in [0.4, 0.5) is 5.00 Å². The van der Waals surface area contributed by atoms with Crippen molar-refractivity contribution < 1.29 is 14.3 Å². The maximum atomic E-state index is 12.7. The van der Waals surface area contributed by atoms with Crippen molar-refractivity contribution in [2.45, 2.75) is 25.3 Å². The van der Waals surface area contributed by atoms with Gasteiger partial charge in [-0.05, 0) is 25.5 Å². The molecule has 0 bridgehead atoms. The number of aryl methyl sites for hydroxylation is 1. The number of carbonyl (C=O) groups excluding carboxylic acids is 2. The minimum atomic E-state index is -0.442. The average molecular weight is 504 g/mol. The fourth-order valence-corrected chi connectivity index (χ4v) is 5.36. The molecule has 0 fully saturated rings. The van der Waals surface area contributed by atoms with Gasteiger partial charge in [0.05, 0.1) is 12.3 Å². The van der Waals surface area contributed by atoms with Gasteiger partial charge in [0.2, 0.25) is 5.91 Å². The van der Waals surface area contributed by atoms with Crippen LogP contribution in [-0.4, -0.2) is 34.2 Å². The zero-order valence-corrected chi connectivity index (χ0v) is 21.1. The molecule has 0 aliphatic carbocycles. The van der Waals surface area contributed by atoms with Gasteiger partial charge in [-0.15, -0.1) is 23.1 Å². The Morgan fingerprint density at radius 2 is 1.69 bits per heavy atom. The summed E-state index contributed by atoms with van der Waals surface area (Å²) in [7, 11) is 0. The summed E-state index contributed by atoms with van der Waals surface area (Å²) >= 11 is 2.83. The van der Waals surface area contributed by atoms with Gasteiger partial charge in [0.1, 0.15) is 21.4 Å². The number of benzene rings is 2. The molecule has 1 amide bonds. The number of nitrogens with one attached hydrogen (secondary N) is 1. The van der Waals surface area contributed by atoms with Crippen molar-refractivity contribution in [3.8, 4) is 22.4 Å². The second-order valence-corrected chi connectivity index (χ2v) is 9.59. The summed E-state index contributed by atoms with van der Waals surface area (Å²) in [6.07, 6.45) is 0.273. The number of hydrogen-bond acceptors (Lipinski definition) is 7. The normalized spacial score (nSPS) is 10.7. The fraction of sp³-hybridized carbons (Fsp3) is 0.185. The molecule has 2 aromatic heterocycles. The molecule has 0 radical (unpaired) electrons. The maximum absolute atomic E-state index is 12.7. The molecular formula is C27H25N3O3S2. The summed E-state index contributed by atoms with van der Waals surface area (Å²) in [4.78, 5) is 34.5. The Hall–Kier alpha value is -3.49. The summed E-state index contributed by atoms with van der Waals surface area (Å²) < 4.78 is 5.27. The molecule has 0 saturated heterocycles. The van der Waals surface area contributed by atoms with Crippen LogP contribution in [0.5, 0.6) is 0 Å². The average Bonchev–Trinajstić information content (AvgIpc) is 3.28. The second-order valence-electron chi connectivity index (χ2n) is 7.59. The topological polar surface area (TPSA) is 81.2 Å². The third-order valence-corrected chi connectivity index (χ3v) is 6.88. The van der Waals surface area contributed by atoms with Crippen LogP contribution in [0.2, 0.25) is 0 Å². The number of esters is 1. The van der Waals surface area contributed by atoms with Crippen LogP contribution in [0.25, 0.3) is 22.4 Å². The van der Waals surface area contributed by atoms with Crippen molar-refractivity contribution in [1.29, 1.82) is 0 Å². The first-order chi connectivity index (χ1) is 17.0. The number of carbonyl (C=O) groups is 2. The van der Waals surface area contributed by atoms with E-state index in [4.69, 9.17) is 4.74 Å². The number of rotatable bonds is 9. The molecular weight excluding hydrogens is 478 g/mol. The lowest BCUT2D eigenvalue weighted by Gasteiger charge is -2.09. The maximum Gasteiger partial charge on any atom is 0.341 e. The summed E-state index contributed by atoms with van der Waals surface area (Å²) in [6.45, 7) is 3.89. The van der Waals surface area contributed by atoms with Crippen LogP contribution in [0, 0.1) is 6.92 Å². The molecule has 0 atom stereocenters. The van der Waals surface area contributed by atoms with E-state index in [-0.39, 0.29) is 18.9 Å². The number of anilines is 1. The highest BCUT2D eigenvalue weighted by molar-refractivity contribution is 7.99. The van der Waals surface area contributed by atoms with E-state index in [2.05, 4.69) is 15.3 Å². The van der Waals surface area contributed by atoms with Gasteiger partial charge in [-0.3, -0.25) is 4.79 Å². The van der Waals surface area contributed by atoms with Crippen molar-refractivity contribution in [2.75, 3.05) is 17.7 Å². The molecule has 0 unspecified atom stereocenters. The van der Waals surface area contributed by atoms with Crippen molar-refractivity contribution in [3.05, 3.63) is 83.5 Å². The lowest BCUT2D eigenvalue weighted by atomic mass is 10.0. The smallest absolute Gasteiger partial charge is 0.341 e. The van der Waals surface area contributed by atoms with Crippen molar-refractivity contribution in [2.24, 2.45) is 0 Å². The van der Waals surface area contributed by atoms with Crippen molar-refractivity contribution in [1.82, 2.24) is 9.97 Å². The minimum absolute atomic E-state index is 0.168. The first kappa shape index (κ1) is 24.6. The van der Waals surface area contributed by atoms with E-state index in [1.54, 1.807) is 6.92 Å². The van der Waals surface area contributed by atoms with E-state index < -0.39 is 5.97 Å². The highest BCUT2D eigenvalue weighted by Gasteiger charge is 2.22. The van der Waals surface area contributed by atoms with E-state index in [1.807, 2.05) is 79.0 Å². The minimum Gasteiger partial charge on any atom is -0.462 e. The largest absolute Gasteiger partial charge is 0.462 e. The molecule has 2 aromatic carbocycles. The third kappa shape index (κ3) is 6.35. The van der Waals surface area contributed by atoms with Gasteiger partial charge in [-0.1, -0.05) is 60.7 Å². The number of thiophene rings is 1. The highest BCUT2D eigenvalue weighted by Crippen LogP contribution is 2.36. The molecule has 2 heterocycles. The summed E-state index contributed by atoms with van der Waals surface area (Å²) in [6, 6.07) is 21.5. The van der Waals surface area contributed by atoms with E-state index >= 15 is 0 Å². The first-order valence-electron chi connectivity index (χ1n) is 11.2. The van der Waals surface area contributed by atoms with Crippen LogP contribution in [0.3, 0.4) is 0 Å². The van der Waals surface area contributed by atoms with E-state index in [1.165, 1.54) is 23.1 Å². The lowest BCUT2D eigenvalue weighted by Crippen LogP contribution is -2.15. The van der Waals surface area contributed by atoms with Gasteiger partial charge in [-0.25, -0.2) is 14.8 Å². The Kier molecular flexibility index (Phi) is 8.28. The molecule has 35 heavy (non-hydrogen) atoms. The number of nitrogens with zero attached hydrogens (tertiary/aromatic N) is 2. The quantitative estimate of drug-likeness (QED) is 0.160. The molecule has 0 aliphatic rings. The van der Waals surface area contributed by atoms with Crippen LogP contribution >= 0.6 is 23.1 Å². The Morgan fingerprint density at radius 1 is 1.00 bits per heavy atom. The SMILES string of the molecule is CCOC(=O)c1c(-c2ccccc2)csc1NC(=O)CCSc1cc(-c2ccccc2)nc(C)n1. The molecule has 8 heteroatoms. The fourth-order valence-electron chi connectivity index (χ4n) is 3.49. The molecule has 4 rings (SSSR count). The van der Waals surface area contributed by atoms with Gasteiger partial charge >= 0.3 is 5.97 Å². The van der Waals surface area contributed by atoms with Crippen LogP contribution < -0.4 is 5.32 Å². The molecule has 0 aliphatic heterocycles. The number of hydrogen-bond donors (Lipinski definition) is 1. The van der Waals surface area contributed by atoms with E-state index in [0.717, 1.165) is 27.4 Å². The molecule has 6 nitrogen and oxygen atoms in total. The predicted molar refractivity (Wildman–Crippen MR) is 142 cm³/mol. The Balaban J connectivity index is 1.43. The third-order valence-electron chi connectivity index (χ3n) is 5.07. The number of ether oxygens (including phenoxy) is 1. The van der Waals surface area contributed by atoms with E-state index in [0.29, 0.717) is 22.1 Å². The second kappa shape index (κ2) is 11.8. The number of aromatic nitrogens is 2. The van der Waals surface area contributed by atoms with Gasteiger partial charge in [0.15, 0.2) is 0 Å². The van der Waals surface area contributed by atoms with Crippen LogP contribution in [0.15, 0.2) is 77.1 Å². The first-order valence-corrected chi connectivity index (χ1v) is 13.1. The number of thioether (sulfide) groups is 1. The lowest BCUT2D eigenvalue weighted by molar-refractivity contribution is -0.115. The highest BCUT2D eigenvalue weighted by atomic mass is 32.2. The Morgan fingerprint density at radius 3 is 2.37 bits per heavy atom. The van der Waals surface area contributed by atoms with Crippen molar-refractivity contribution in [3.63, 3.8) is 0 Å². The zero-order chi connectivity index (χ0) is 24.6. The molecule has 1 N–H and O–H groups in total. The number of amides is 1. The molecule has 4 aromatic rings. The summed E-state index contributed by atoms with van der Waals surface area (Å²) in [5.41, 5.74) is 3.93. The summed E-state index contributed by atoms with van der Waals surface area (Å²) in [5, 5.41) is 6.10. The van der Waals surface area contributed by atoms with Gasteiger partial charge in [0, 0.05) is 28.7 Å². The molecule has 0 spiro atoms. The van der Waals surface area contributed by atoms with Crippen LogP contribution in [-0.2, 0) is 9.53 Å². The monoisotopic (exact) mass is 503 g/mol. The Labute approximate surface area is 212 Å². The predicted octanol–water partition coefficient (Wildman–Crippen LogP) is 6.48. The molecule has 0 saturated carbocycles. The standard InChI is InChI=1S/C27H25N3O3S2/c1-3-33-27(32)25-21(19-10-6-4-7-11-19)17-35-26(25)30-23(31)14-15-34-24-16-22(28-18(2)29-24)20-12-8-5-9-13-20/h4-13,16-17H,3,14-15H2,1-2H3,(H,30,31).